The van der Waals surface area contributed by atoms with E-state index >= 15 is 0 Å². The van der Waals surface area contributed by atoms with E-state index in [2.05, 4.69) is 5.32 Å². The van der Waals surface area contributed by atoms with Crippen LogP contribution < -0.4 is 5.32 Å². The van der Waals surface area contributed by atoms with Gasteiger partial charge in [-0.15, -0.1) is 0 Å². The smallest absolute Gasteiger partial charge is 0.308 e. The van der Waals surface area contributed by atoms with Gasteiger partial charge in [0, 0.05) is 16.6 Å². The number of carboxylic acids is 1. The van der Waals surface area contributed by atoms with Crippen molar-refractivity contribution in [1.29, 1.82) is 0 Å². The molecule has 0 aromatic heterocycles. The molecule has 0 radical (unpaired) electrons. The normalized spacial score (nSPS) is 21.7. The van der Waals surface area contributed by atoms with E-state index in [1.807, 2.05) is 0 Å². The first-order chi connectivity index (χ1) is 9.49. The van der Waals surface area contributed by atoms with Gasteiger partial charge in [-0.25, -0.2) is 4.39 Å². The predicted octanol–water partition coefficient (Wildman–Crippen LogP) is 2.39. The van der Waals surface area contributed by atoms with E-state index in [0.717, 1.165) is 6.42 Å². The van der Waals surface area contributed by atoms with Gasteiger partial charge >= 0.3 is 5.97 Å². The number of aliphatic carboxylic acids is 1. The monoisotopic (exact) mass is 299 g/mol. The second-order valence-corrected chi connectivity index (χ2v) is 5.33. The van der Waals surface area contributed by atoms with Crippen LogP contribution in [-0.2, 0) is 16.0 Å². The van der Waals surface area contributed by atoms with Crippen molar-refractivity contribution in [2.75, 3.05) is 0 Å². The summed E-state index contributed by atoms with van der Waals surface area (Å²) in [7, 11) is 0. The van der Waals surface area contributed by atoms with Gasteiger partial charge in [0.2, 0.25) is 5.91 Å². The summed E-state index contributed by atoms with van der Waals surface area (Å²) < 4.78 is 13.6. The molecule has 2 atom stereocenters. The Morgan fingerprint density at radius 2 is 2.15 bits per heavy atom. The Labute approximate surface area is 120 Å². The molecule has 0 saturated heterocycles. The average Bonchev–Trinajstić information content (AvgIpc) is 2.82. The summed E-state index contributed by atoms with van der Waals surface area (Å²) in [5.41, 5.74) is 0.136. The third kappa shape index (κ3) is 3.28. The maximum atomic E-state index is 13.6. The average molecular weight is 300 g/mol. The molecule has 108 valence electrons. The molecule has 1 aliphatic rings. The molecule has 0 bridgehead atoms. The maximum Gasteiger partial charge on any atom is 0.308 e. The summed E-state index contributed by atoms with van der Waals surface area (Å²) in [6.07, 6.45) is 1.77. The highest BCUT2D eigenvalue weighted by atomic mass is 35.5. The minimum atomic E-state index is -0.906. The number of hydrogen-bond donors (Lipinski definition) is 2. The van der Waals surface area contributed by atoms with Gasteiger partial charge in [0.1, 0.15) is 5.82 Å². The molecule has 0 aliphatic heterocycles. The molecule has 2 rings (SSSR count). The van der Waals surface area contributed by atoms with Gasteiger partial charge < -0.3 is 10.4 Å². The highest BCUT2D eigenvalue weighted by Gasteiger charge is 2.33. The van der Waals surface area contributed by atoms with E-state index in [1.54, 1.807) is 0 Å². The fraction of sp³-hybridized carbons (Fsp3) is 0.429. The molecule has 2 N–H and O–H groups in total. The summed E-state index contributed by atoms with van der Waals surface area (Å²) in [5, 5.41) is 11.9. The van der Waals surface area contributed by atoms with Crippen molar-refractivity contribution in [3.63, 3.8) is 0 Å². The van der Waals surface area contributed by atoms with Crippen molar-refractivity contribution in [3.05, 3.63) is 34.6 Å². The second kappa shape index (κ2) is 6.22. The van der Waals surface area contributed by atoms with E-state index in [9.17, 15) is 14.0 Å². The largest absolute Gasteiger partial charge is 0.481 e. The Bertz CT molecular complexity index is 515. The van der Waals surface area contributed by atoms with E-state index in [0.29, 0.717) is 12.8 Å². The van der Waals surface area contributed by atoms with Crippen molar-refractivity contribution in [1.82, 2.24) is 5.32 Å². The molecule has 6 heteroatoms. The quantitative estimate of drug-likeness (QED) is 0.897. The fourth-order valence-corrected chi connectivity index (χ4v) is 2.78. The number of nitrogens with one attached hydrogen (secondary N) is 1. The van der Waals surface area contributed by atoms with E-state index < -0.39 is 23.6 Å². The number of carboxylic acid groups (broad SMARTS) is 1. The molecule has 20 heavy (non-hydrogen) atoms. The summed E-state index contributed by atoms with van der Waals surface area (Å²) in [6, 6.07) is 3.84. The van der Waals surface area contributed by atoms with Crippen LogP contribution in [0.5, 0.6) is 0 Å². The standard InChI is InChI=1S/C14H15ClFNO3/c15-10-4-2-5-11(16)9(10)7-13(18)17-12-6-1-3-8(12)14(19)20/h2,4-5,8,12H,1,3,6-7H2,(H,17,18)(H,19,20)/t8-,12+/m1/s1. The van der Waals surface area contributed by atoms with Crippen LogP contribution in [0.4, 0.5) is 4.39 Å². The first-order valence-electron chi connectivity index (χ1n) is 6.44. The summed E-state index contributed by atoms with van der Waals surface area (Å²) >= 11 is 5.86. The molecule has 0 unspecified atom stereocenters. The van der Waals surface area contributed by atoms with Crippen LogP contribution in [0.1, 0.15) is 24.8 Å². The number of amides is 1. The molecule has 1 aromatic carbocycles. The van der Waals surface area contributed by atoms with Crippen molar-refractivity contribution >= 4 is 23.5 Å². The number of benzene rings is 1. The minimum Gasteiger partial charge on any atom is -0.481 e. The molecule has 1 aliphatic carbocycles. The maximum absolute atomic E-state index is 13.6. The molecule has 1 fully saturated rings. The Kier molecular flexibility index (Phi) is 4.60. The van der Waals surface area contributed by atoms with Crippen molar-refractivity contribution < 1.29 is 19.1 Å². The van der Waals surface area contributed by atoms with Crippen LogP contribution in [0.15, 0.2) is 18.2 Å². The molecule has 1 aromatic rings. The number of rotatable bonds is 4. The van der Waals surface area contributed by atoms with Gasteiger partial charge in [-0.1, -0.05) is 24.1 Å². The SMILES string of the molecule is O=C(Cc1c(F)cccc1Cl)N[C@H]1CCC[C@H]1C(=O)O. The lowest BCUT2D eigenvalue weighted by Gasteiger charge is -2.17. The first-order valence-corrected chi connectivity index (χ1v) is 6.82. The zero-order chi connectivity index (χ0) is 14.7. The van der Waals surface area contributed by atoms with Gasteiger partial charge in [-0.3, -0.25) is 9.59 Å². The number of carbonyl (C=O) groups is 2. The first kappa shape index (κ1) is 14.8. The van der Waals surface area contributed by atoms with Gasteiger partial charge in [0.05, 0.1) is 12.3 Å². The fourth-order valence-electron chi connectivity index (χ4n) is 2.55. The van der Waals surface area contributed by atoms with Crippen molar-refractivity contribution in [3.8, 4) is 0 Å². The third-order valence-electron chi connectivity index (χ3n) is 3.58. The molecule has 0 heterocycles. The number of carbonyl (C=O) groups excluding carboxylic acids is 1. The van der Waals surface area contributed by atoms with Gasteiger partial charge in [0.25, 0.3) is 0 Å². The van der Waals surface area contributed by atoms with Gasteiger partial charge in [0.15, 0.2) is 0 Å². The molecular weight excluding hydrogens is 285 g/mol. The van der Waals surface area contributed by atoms with E-state index in [1.165, 1.54) is 18.2 Å². The molecule has 4 nitrogen and oxygen atoms in total. The zero-order valence-corrected chi connectivity index (χ0v) is 11.5. The van der Waals surface area contributed by atoms with Gasteiger partial charge in [-0.2, -0.15) is 0 Å². The highest BCUT2D eigenvalue weighted by Crippen LogP contribution is 2.26. The van der Waals surface area contributed by atoms with Crippen LogP contribution in [0.25, 0.3) is 0 Å². The lowest BCUT2D eigenvalue weighted by atomic mass is 10.0. The van der Waals surface area contributed by atoms with Crippen molar-refractivity contribution in [2.45, 2.75) is 31.7 Å². The predicted molar refractivity (Wildman–Crippen MR) is 72.0 cm³/mol. The molecular formula is C14H15ClFNO3. The summed E-state index contributed by atoms with van der Waals surface area (Å²) in [4.78, 5) is 22.9. The number of halogens is 2. The summed E-state index contributed by atoms with van der Waals surface area (Å²) in [5.74, 6) is -2.41. The topological polar surface area (TPSA) is 66.4 Å². The Balaban J connectivity index is 2.01. The van der Waals surface area contributed by atoms with E-state index in [4.69, 9.17) is 16.7 Å². The highest BCUT2D eigenvalue weighted by molar-refractivity contribution is 6.31. The third-order valence-corrected chi connectivity index (χ3v) is 3.93. The van der Waals surface area contributed by atoms with E-state index in [-0.39, 0.29) is 23.0 Å². The Morgan fingerprint density at radius 3 is 2.80 bits per heavy atom. The van der Waals surface area contributed by atoms with Crippen LogP contribution in [0.3, 0.4) is 0 Å². The second-order valence-electron chi connectivity index (χ2n) is 4.93. The van der Waals surface area contributed by atoms with Crippen LogP contribution in [-0.4, -0.2) is 23.0 Å². The van der Waals surface area contributed by atoms with Crippen LogP contribution in [0.2, 0.25) is 5.02 Å². The van der Waals surface area contributed by atoms with Crippen LogP contribution >= 0.6 is 11.6 Å². The van der Waals surface area contributed by atoms with Crippen LogP contribution in [0, 0.1) is 11.7 Å². The zero-order valence-electron chi connectivity index (χ0n) is 10.7. The molecule has 0 spiro atoms. The minimum absolute atomic E-state index is 0.136. The molecule has 1 amide bonds. The lowest BCUT2D eigenvalue weighted by Crippen LogP contribution is -2.41. The lowest BCUT2D eigenvalue weighted by molar-refractivity contribution is -0.142. The summed E-state index contributed by atoms with van der Waals surface area (Å²) in [6.45, 7) is 0. The van der Waals surface area contributed by atoms with Crippen molar-refractivity contribution in [2.24, 2.45) is 5.92 Å². The number of hydrogen-bond acceptors (Lipinski definition) is 2. The van der Waals surface area contributed by atoms with Gasteiger partial charge in [-0.05, 0) is 25.0 Å². The Hall–Kier alpha value is -1.62. The Morgan fingerprint density at radius 1 is 1.40 bits per heavy atom. The molecule has 1 saturated carbocycles.